The van der Waals surface area contributed by atoms with Crippen LogP contribution in [0.1, 0.15) is 22.8 Å². The number of ether oxygens (including phenoxy) is 1. The van der Waals surface area contributed by atoms with E-state index < -0.39 is 6.10 Å². The van der Waals surface area contributed by atoms with Gasteiger partial charge in [0.1, 0.15) is 18.5 Å². The minimum Gasteiger partial charge on any atom is -0.491 e. The van der Waals surface area contributed by atoms with Crippen molar-refractivity contribution in [2.24, 2.45) is 0 Å². The van der Waals surface area contributed by atoms with E-state index in [0.717, 1.165) is 3.57 Å². The van der Waals surface area contributed by atoms with E-state index >= 15 is 0 Å². The fourth-order valence-electron chi connectivity index (χ4n) is 2.08. The third-order valence-corrected chi connectivity index (χ3v) is 4.03. The molecular weight excluding hydrogens is 419 g/mol. The summed E-state index contributed by atoms with van der Waals surface area (Å²) < 4.78 is 6.63. The lowest BCUT2D eigenvalue weighted by Crippen LogP contribution is -2.26. The van der Waals surface area contributed by atoms with E-state index in [1.807, 2.05) is 30.3 Å². The van der Waals surface area contributed by atoms with Crippen molar-refractivity contribution in [3.05, 3.63) is 57.2 Å². The molecule has 0 aliphatic heterocycles. The smallest absolute Gasteiger partial charge is 0.161 e. The third kappa shape index (κ3) is 5.22. The Morgan fingerprint density at radius 3 is 2.67 bits per heavy atom. The Morgan fingerprint density at radius 2 is 2.04 bits per heavy atom. The summed E-state index contributed by atoms with van der Waals surface area (Å²) in [5.74, 6) is 0.581. The number of aliphatic hydroxyl groups excluding tert-OH is 1. The van der Waals surface area contributed by atoms with Gasteiger partial charge in [-0.25, -0.2) is 0 Å². The summed E-state index contributed by atoms with van der Waals surface area (Å²) in [6, 6.07) is 14.4. The molecule has 24 heavy (non-hydrogen) atoms. The fourth-order valence-corrected chi connectivity index (χ4v) is 2.44. The van der Waals surface area contributed by atoms with E-state index in [1.165, 1.54) is 6.92 Å². The highest BCUT2D eigenvalue weighted by Gasteiger charge is 2.11. The molecule has 0 aromatic heterocycles. The zero-order valence-corrected chi connectivity index (χ0v) is 15.3. The molecule has 6 heteroatoms. The largest absolute Gasteiger partial charge is 0.491 e. The molecule has 0 bridgehead atoms. The number of carbonyl (C=O) groups is 1. The van der Waals surface area contributed by atoms with Crippen LogP contribution in [0, 0.1) is 14.9 Å². The van der Waals surface area contributed by atoms with Gasteiger partial charge in [-0.15, -0.1) is 0 Å². The quantitative estimate of drug-likeness (QED) is 0.515. The normalized spacial score (nSPS) is 11.4. The predicted octanol–water partition coefficient (Wildman–Crippen LogP) is 3.22. The lowest BCUT2D eigenvalue weighted by molar-refractivity contribution is 0.101. The van der Waals surface area contributed by atoms with Gasteiger partial charge in [-0.3, -0.25) is 4.79 Å². The summed E-state index contributed by atoms with van der Waals surface area (Å²) in [6.45, 7) is 1.79. The molecule has 0 aliphatic carbocycles. The van der Waals surface area contributed by atoms with Gasteiger partial charge in [0, 0.05) is 21.4 Å². The Kier molecular flexibility index (Phi) is 6.58. The topological polar surface area (TPSA) is 82.4 Å². The lowest BCUT2D eigenvalue weighted by atomic mass is 10.1. The van der Waals surface area contributed by atoms with Crippen LogP contribution in [0.2, 0.25) is 0 Å². The van der Waals surface area contributed by atoms with Gasteiger partial charge in [0.05, 0.1) is 11.6 Å². The highest BCUT2D eigenvalue weighted by atomic mass is 127. The number of halogens is 1. The van der Waals surface area contributed by atoms with Crippen LogP contribution >= 0.6 is 22.6 Å². The first-order chi connectivity index (χ1) is 11.5. The van der Waals surface area contributed by atoms with Crippen molar-refractivity contribution in [2.75, 3.05) is 18.5 Å². The predicted molar refractivity (Wildman–Crippen MR) is 100 cm³/mol. The minimum atomic E-state index is -0.755. The van der Waals surface area contributed by atoms with Gasteiger partial charge in [-0.2, -0.15) is 5.26 Å². The molecular formula is C18H17IN2O3. The SMILES string of the molecule is CC(=O)c1ccc(C#N)cc1NCC(O)COc1ccc(I)cc1. The molecule has 0 radical (unpaired) electrons. The van der Waals surface area contributed by atoms with E-state index in [-0.39, 0.29) is 18.9 Å². The van der Waals surface area contributed by atoms with Crippen molar-refractivity contribution in [2.45, 2.75) is 13.0 Å². The molecule has 1 atom stereocenters. The standard InChI is InChI=1S/C18H17IN2O3/c1-12(22)17-7-2-13(9-20)8-18(17)21-10-15(23)11-24-16-5-3-14(19)4-6-16/h2-8,15,21,23H,10-11H2,1H3. The molecule has 5 nitrogen and oxygen atoms in total. The van der Waals surface area contributed by atoms with Crippen LogP contribution in [0.5, 0.6) is 5.75 Å². The number of Topliss-reactive ketones (excluding diaryl/α,β-unsaturated/α-hetero) is 1. The second-order valence-electron chi connectivity index (χ2n) is 5.23. The molecule has 2 rings (SSSR count). The maximum atomic E-state index is 11.6. The highest BCUT2D eigenvalue weighted by Crippen LogP contribution is 2.18. The van der Waals surface area contributed by atoms with Gasteiger partial charge in [0.25, 0.3) is 0 Å². The van der Waals surface area contributed by atoms with E-state index in [1.54, 1.807) is 18.2 Å². The van der Waals surface area contributed by atoms with E-state index in [0.29, 0.717) is 22.6 Å². The van der Waals surface area contributed by atoms with E-state index in [9.17, 15) is 9.90 Å². The van der Waals surface area contributed by atoms with Crippen molar-refractivity contribution in [3.63, 3.8) is 0 Å². The number of aliphatic hydroxyl groups is 1. The van der Waals surface area contributed by atoms with E-state index in [4.69, 9.17) is 10.00 Å². The maximum absolute atomic E-state index is 11.6. The monoisotopic (exact) mass is 436 g/mol. The van der Waals surface area contributed by atoms with Crippen molar-refractivity contribution >= 4 is 34.1 Å². The number of anilines is 1. The fraction of sp³-hybridized carbons (Fsp3) is 0.222. The van der Waals surface area contributed by atoms with Crippen LogP contribution in [-0.2, 0) is 0 Å². The van der Waals surface area contributed by atoms with Gasteiger partial charge >= 0.3 is 0 Å². The summed E-state index contributed by atoms with van der Waals surface area (Å²) in [7, 11) is 0. The van der Waals surface area contributed by atoms with Crippen LogP contribution in [-0.4, -0.2) is 30.1 Å². The van der Waals surface area contributed by atoms with E-state index in [2.05, 4.69) is 27.9 Å². The number of carbonyl (C=O) groups excluding carboxylic acids is 1. The average Bonchev–Trinajstić information content (AvgIpc) is 2.59. The number of benzene rings is 2. The molecule has 2 aromatic rings. The summed E-state index contributed by atoms with van der Waals surface area (Å²) in [4.78, 5) is 11.6. The first-order valence-electron chi connectivity index (χ1n) is 7.35. The van der Waals surface area contributed by atoms with Gasteiger partial charge in [-0.1, -0.05) is 0 Å². The zero-order valence-electron chi connectivity index (χ0n) is 13.1. The van der Waals surface area contributed by atoms with Crippen LogP contribution in [0.3, 0.4) is 0 Å². The van der Waals surface area contributed by atoms with Gasteiger partial charge in [-0.05, 0) is 72.0 Å². The van der Waals surface area contributed by atoms with Crippen molar-refractivity contribution in [3.8, 4) is 11.8 Å². The molecule has 1 unspecified atom stereocenters. The molecule has 0 fully saturated rings. The van der Waals surface area contributed by atoms with Crippen molar-refractivity contribution in [1.29, 1.82) is 5.26 Å². The van der Waals surface area contributed by atoms with Crippen LogP contribution in [0.4, 0.5) is 5.69 Å². The Balaban J connectivity index is 1.93. The van der Waals surface area contributed by atoms with Gasteiger partial charge < -0.3 is 15.2 Å². The first kappa shape index (κ1) is 18.2. The summed E-state index contributed by atoms with van der Waals surface area (Å²) in [5.41, 5.74) is 1.47. The number of nitriles is 1. The summed E-state index contributed by atoms with van der Waals surface area (Å²) >= 11 is 2.21. The van der Waals surface area contributed by atoms with Crippen LogP contribution < -0.4 is 10.1 Å². The molecule has 124 valence electrons. The molecule has 2 N–H and O–H groups in total. The summed E-state index contributed by atoms with van der Waals surface area (Å²) in [5, 5.41) is 22.0. The number of rotatable bonds is 7. The zero-order chi connectivity index (χ0) is 17.5. The number of nitrogens with one attached hydrogen (secondary N) is 1. The summed E-state index contributed by atoms with van der Waals surface area (Å²) in [6.07, 6.45) is -0.755. The number of hydrogen-bond acceptors (Lipinski definition) is 5. The first-order valence-corrected chi connectivity index (χ1v) is 8.43. The van der Waals surface area contributed by atoms with Crippen LogP contribution in [0.15, 0.2) is 42.5 Å². The van der Waals surface area contributed by atoms with Gasteiger partial charge in [0.15, 0.2) is 5.78 Å². The van der Waals surface area contributed by atoms with Crippen molar-refractivity contribution < 1.29 is 14.6 Å². The Morgan fingerprint density at radius 1 is 1.33 bits per heavy atom. The molecule has 0 amide bonds. The lowest BCUT2D eigenvalue weighted by Gasteiger charge is -2.16. The molecule has 0 saturated heterocycles. The molecule has 0 aliphatic rings. The molecule has 2 aromatic carbocycles. The third-order valence-electron chi connectivity index (χ3n) is 3.31. The number of ketones is 1. The van der Waals surface area contributed by atoms with Crippen molar-refractivity contribution in [1.82, 2.24) is 0 Å². The second-order valence-corrected chi connectivity index (χ2v) is 6.47. The Labute approximate surface area is 154 Å². The minimum absolute atomic E-state index is 0.105. The average molecular weight is 436 g/mol. The second kappa shape index (κ2) is 8.66. The van der Waals surface area contributed by atoms with Gasteiger partial charge in [0.2, 0.25) is 0 Å². The Bertz CT molecular complexity index is 754. The molecule has 0 saturated carbocycles. The van der Waals surface area contributed by atoms with Crippen LogP contribution in [0.25, 0.3) is 0 Å². The molecule has 0 spiro atoms. The molecule has 0 heterocycles. The maximum Gasteiger partial charge on any atom is 0.161 e. The Hall–Kier alpha value is -2.11. The highest BCUT2D eigenvalue weighted by molar-refractivity contribution is 14.1. The number of nitrogens with zero attached hydrogens (tertiary/aromatic N) is 1. The number of hydrogen-bond donors (Lipinski definition) is 2.